The summed E-state index contributed by atoms with van der Waals surface area (Å²) in [5, 5.41) is 65.1. The summed E-state index contributed by atoms with van der Waals surface area (Å²) in [6, 6.07) is 0. The highest BCUT2D eigenvalue weighted by Crippen LogP contribution is 2.70. The van der Waals surface area contributed by atoms with Crippen LogP contribution in [-0.4, -0.2) is 116 Å². The van der Waals surface area contributed by atoms with Crippen LogP contribution in [0, 0.1) is 34.5 Å². The van der Waals surface area contributed by atoms with Crippen molar-refractivity contribution in [2.45, 2.75) is 159 Å². The molecule has 0 radical (unpaired) electrons. The van der Waals surface area contributed by atoms with Crippen molar-refractivity contribution in [1.29, 1.82) is 0 Å². The first-order valence-electron chi connectivity index (χ1n) is 17.8. The van der Waals surface area contributed by atoms with E-state index in [1.54, 1.807) is 19.9 Å². The fraction of sp³-hybridized carbons (Fsp3) is 0.914. The van der Waals surface area contributed by atoms with Crippen LogP contribution >= 0.6 is 0 Å². The second-order valence-electron chi connectivity index (χ2n) is 16.3. The minimum Gasteiger partial charge on any atom is -0.458 e. The Labute approximate surface area is 276 Å². The van der Waals surface area contributed by atoms with E-state index in [1.807, 2.05) is 0 Å². The van der Waals surface area contributed by atoms with Crippen LogP contribution in [0.2, 0.25) is 0 Å². The van der Waals surface area contributed by atoms with Crippen LogP contribution in [-0.2, 0) is 28.5 Å². The first-order chi connectivity index (χ1) is 22.2. The number of rotatable bonds is 5. The molecule has 4 aliphatic carbocycles. The summed E-state index contributed by atoms with van der Waals surface area (Å²) in [6.07, 6.45) is -2.59. The maximum absolute atomic E-state index is 12.5. The Morgan fingerprint density at radius 2 is 1.47 bits per heavy atom. The summed E-state index contributed by atoms with van der Waals surface area (Å²) in [6.45, 7) is 8.21. The van der Waals surface area contributed by atoms with E-state index >= 15 is 0 Å². The molecule has 7 rings (SSSR count). The maximum Gasteiger partial charge on any atom is 0.331 e. The van der Waals surface area contributed by atoms with E-state index in [2.05, 4.69) is 13.8 Å². The number of carbonyl (C=O) groups is 1. The minimum atomic E-state index is -1.54. The van der Waals surface area contributed by atoms with Gasteiger partial charge >= 0.3 is 5.97 Å². The molecule has 47 heavy (non-hydrogen) atoms. The molecule has 0 aromatic carbocycles. The Bertz CT molecular complexity index is 1230. The quantitative estimate of drug-likeness (QED) is 0.183. The molecule has 0 aromatic rings. The van der Waals surface area contributed by atoms with E-state index in [1.165, 1.54) is 0 Å². The molecule has 3 aliphatic heterocycles. The van der Waals surface area contributed by atoms with Crippen LogP contribution in [0.4, 0.5) is 0 Å². The fourth-order valence-electron chi connectivity index (χ4n) is 11.3. The molecule has 3 heterocycles. The first-order valence-corrected chi connectivity index (χ1v) is 17.8. The average Bonchev–Trinajstić information content (AvgIpc) is 3.58. The standard InChI is InChI=1S/C35H54O12/c1-16-25(37)26(38)28(40)32(44-16)47-30-17(2)45-31(29(41)27(30)39)46-20-7-10-33(3)19(14-20)5-6-23-22(33)8-11-34(4)21(9-12-35(23,34)42)18-13-24(36)43-15-18/h13,16-17,19-23,25-32,37-42H,5-12,14-15H2,1-4H3/t16?,17?,19-,20+,21-,22?,23-,25-,26?,27?,28?,29+,30+,31+,32-,33?,34?,35+/m1/s1. The van der Waals surface area contributed by atoms with Gasteiger partial charge in [0.05, 0.1) is 23.9 Å². The van der Waals surface area contributed by atoms with E-state index < -0.39 is 67.0 Å². The third-order valence-electron chi connectivity index (χ3n) is 14.1. The van der Waals surface area contributed by atoms with E-state index in [4.69, 9.17) is 23.7 Å². The van der Waals surface area contributed by atoms with Gasteiger partial charge in [0.1, 0.15) is 43.2 Å². The van der Waals surface area contributed by atoms with Gasteiger partial charge < -0.3 is 54.3 Å². The van der Waals surface area contributed by atoms with Crippen molar-refractivity contribution in [2.75, 3.05) is 6.61 Å². The zero-order chi connectivity index (χ0) is 33.6. The van der Waals surface area contributed by atoms with Gasteiger partial charge in [0.25, 0.3) is 0 Å². The monoisotopic (exact) mass is 666 g/mol. The predicted octanol–water partition coefficient (Wildman–Crippen LogP) is 1.31. The van der Waals surface area contributed by atoms with Crippen molar-refractivity contribution < 1.29 is 59.1 Å². The van der Waals surface area contributed by atoms with Crippen molar-refractivity contribution in [2.24, 2.45) is 34.5 Å². The van der Waals surface area contributed by atoms with Gasteiger partial charge in [0.2, 0.25) is 0 Å². The largest absolute Gasteiger partial charge is 0.458 e. The Kier molecular flexibility index (Phi) is 8.93. The molecule has 0 aromatic heterocycles. The second kappa shape index (κ2) is 12.2. The molecular formula is C35H54O12. The van der Waals surface area contributed by atoms with Gasteiger partial charge in [0, 0.05) is 11.5 Å². The first kappa shape index (κ1) is 34.3. The highest BCUT2D eigenvalue weighted by atomic mass is 16.7. The lowest BCUT2D eigenvalue weighted by molar-refractivity contribution is -0.357. The van der Waals surface area contributed by atoms with Crippen LogP contribution in [0.1, 0.15) is 85.5 Å². The lowest BCUT2D eigenvalue weighted by Crippen LogP contribution is -2.64. The number of aliphatic hydroxyl groups is 6. The van der Waals surface area contributed by atoms with Gasteiger partial charge in [-0.25, -0.2) is 4.79 Å². The maximum atomic E-state index is 12.5. The number of cyclic esters (lactones) is 1. The Hall–Kier alpha value is -1.19. The lowest BCUT2D eigenvalue weighted by Gasteiger charge is -2.64. The van der Waals surface area contributed by atoms with Gasteiger partial charge in [-0.15, -0.1) is 0 Å². The van der Waals surface area contributed by atoms with Crippen LogP contribution in [0.25, 0.3) is 0 Å². The Balaban J connectivity index is 0.980. The van der Waals surface area contributed by atoms with Crippen molar-refractivity contribution in [3.05, 3.63) is 11.6 Å². The number of hydrogen-bond acceptors (Lipinski definition) is 12. The van der Waals surface area contributed by atoms with Crippen LogP contribution in [0.5, 0.6) is 0 Å². The van der Waals surface area contributed by atoms with Gasteiger partial charge in [-0.1, -0.05) is 13.8 Å². The number of ether oxygens (including phenoxy) is 5. The summed E-state index contributed by atoms with van der Waals surface area (Å²) in [5.74, 6) is 0.893. The van der Waals surface area contributed by atoms with Crippen LogP contribution in [0.15, 0.2) is 11.6 Å². The molecule has 12 nitrogen and oxygen atoms in total. The zero-order valence-corrected chi connectivity index (χ0v) is 27.9. The van der Waals surface area contributed by atoms with Gasteiger partial charge in [-0.3, -0.25) is 0 Å². The van der Waals surface area contributed by atoms with E-state index in [-0.39, 0.29) is 34.7 Å². The SMILES string of the molecule is CC1O[C@H](O[C@H]2C(C)O[C@@H](O[C@H]3CCC4(C)C5CCC6(C)[C@@H](C7=CC(=O)OC7)CC[C@]6(O)[C@@H]5CC[C@@H]4C3)[C@@H](O)C2O)C(O)C(O)[C@@H]1O. The zero-order valence-electron chi connectivity index (χ0n) is 27.9. The summed E-state index contributed by atoms with van der Waals surface area (Å²) in [7, 11) is 0. The van der Waals surface area contributed by atoms with Crippen LogP contribution < -0.4 is 0 Å². The predicted molar refractivity (Wildman–Crippen MR) is 164 cm³/mol. The molecule has 266 valence electrons. The van der Waals surface area contributed by atoms with Crippen molar-refractivity contribution in [1.82, 2.24) is 0 Å². The topological polar surface area (TPSA) is 185 Å². The highest BCUT2D eigenvalue weighted by molar-refractivity contribution is 5.85. The van der Waals surface area contributed by atoms with E-state index in [0.717, 1.165) is 63.4 Å². The molecule has 8 unspecified atom stereocenters. The molecule has 18 atom stereocenters. The molecule has 6 N–H and O–H groups in total. The third-order valence-corrected chi connectivity index (χ3v) is 14.1. The molecular weight excluding hydrogens is 612 g/mol. The summed E-state index contributed by atoms with van der Waals surface area (Å²) < 4.78 is 29.0. The number of aliphatic hydroxyl groups excluding tert-OH is 5. The molecule has 0 spiro atoms. The van der Waals surface area contributed by atoms with Crippen LogP contribution in [0.3, 0.4) is 0 Å². The van der Waals surface area contributed by atoms with Crippen molar-refractivity contribution >= 4 is 5.97 Å². The minimum absolute atomic E-state index is 0.0531. The van der Waals surface area contributed by atoms with Gasteiger partial charge in [-0.2, -0.15) is 0 Å². The highest BCUT2D eigenvalue weighted by Gasteiger charge is 2.68. The van der Waals surface area contributed by atoms with Crippen molar-refractivity contribution in [3.8, 4) is 0 Å². The normalized spacial score (nSPS) is 56.3. The van der Waals surface area contributed by atoms with E-state index in [0.29, 0.717) is 18.4 Å². The molecule has 7 aliphatic rings. The Morgan fingerprint density at radius 1 is 0.766 bits per heavy atom. The molecule has 4 saturated carbocycles. The molecule has 6 fully saturated rings. The fourth-order valence-corrected chi connectivity index (χ4v) is 11.3. The smallest absolute Gasteiger partial charge is 0.331 e. The molecule has 0 amide bonds. The lowest BCUT2D eigenvalue weighted by atomic mass is 9.43. The average molecular weight is 667 g/mol. The van der Waals surface area contributed by atoms with Gasteiger partial charge in [-0.05, 0) is 106 Å². The number of hydrogen-bond donors (Lipinski definition) is 6. The van der Waals surface area contributed by atoms with Crippen molar-refractivity contribution in [3.63, 3.8) is 0 Å². The summed E-state index contributed by atoms with van der Waals surface area (Å²) in [4.78, 5) is 11.9. The van der Waals surface area contributed by atoms with E-state index in [9.17, 15) is 35.4 Å². The number of esters is 1. The Morgan fingerprint density at radius 3 is 2.19 bits per heavy atom. The number of carbonyl (C=O) groups excluding carboxylic acids is 1. The molecule has 12 heteroatoms. The molecule has 2 saturated heterocycles. The van der Waals surface area contributed by atoms with Gasteiger partial charge in [0.15, 0.2) is 12.6 Å². The third kappa shape index (κ3) is 5.36. The summed E-state index contributed by atoms with van der Waals surface area (Å²) >= 11 is 0. The molecule has 0 bridgehead atoms. The summed E-state index contributed by atoms with van der Waals surface area (Å²) in [5.41, 5.74) is 0.0545. The second-order valence-corrected chi connectivity index (χ2v) is 16.3. The number of fused-ring (bicyclic) bond motifs is 5.